The van der Waals surface area contributed by atoms with Gasteiger partial charge in [0.2, 0.25) is 5.91 Å². The van der Waals surface area contributed by atoms with Gasteiger partial charge in [-0.15, -0.1) is 0 Å². The SMILES string of the molecule is Cc1ccc(NC(=O)CN(c2ccncc2)S(=O)(=O)c2ccccc2)cc1C. The van der Waals surface area contributed by atoms with Crippen LogP contribution in [0.15, 0.2) is 78.0 Å². The van der Waals surface area contributed by atoms with Crippen LogP contribution in [-0.4, -0.2) is 25.9 Å². The van der Waals surface area contributed by atoms with E-state index in [1.807, 2.05) is 26.0 Å². The van der Waals surface area contributed by atoms with Crippen molar-refractivity contribution in [2.75, 3.05) is 16.2 Å². The van der Waals surface area contributed by atoms with Gasteiger partial charge in [-0.2, -0.15) is 0 Å². The van der Waals surface area contributed by atoms with Gasteiger partial charge in [-0.05, 0) is 61.4 Å². The molecule has 3 aromatic rings. The summed E-state index contributed by atoms with van der Waals surface area (Å²) >= 11 is 0. The first kappa shape index (κ1) is 19.6. The Morgan fingerprint density at radius 2 is 1.64 bits per heavy atom. The van der Waals surface area contributed by atoms with Gasteiger partial charge < -0.3 is 5.32 Å². The van der Waals surface area contributed by atoms with Crippen molar-refractivity contribution >= 4 is 27.3 Å². The number of anilines is 2. The van der Waals surface area contributed by atoms with Crippen molar-refractivity contribution in [1.29, 1.82) is 0 Å². The Hall–Kier alpha value is -3.19. The highest BCUT2D eigenvalue weighted by molar-refractivity contribution is 7.92. The molecule has 0 bridgehead atoms. The molecule has 7 heteroatoms. The average Bonchev–Trinajstić information content (AvgIpc) is 2.70. The molecule has 0 fully saturated rings. The van der Waals surface area contributed by atoms with Crippen molar-refractivity contribution < 1.29 is 13.2 Å². The van der Waals surface area contributed by atoms with Gasteiger partial charge >= 0.3 is 0 Å². The molecule has 0 radical (unpaired) electrons. The van der Waals surface area contributed by atoms with E-state index >= 15 is 0 Å². The van der Waals surface area contributed by atoms with E-state index in [0.29, 0.717) is 11.4 Å². The highest BCUT2D eigenvalue weighted by Gasteiger charge is 2.27. The number of aryl methyl sites for hydroxylation is 2. The molecule has 1 heterocycles. The number of hydrogen-bond donors (Lipinski definition) is 1. The minimum atomic E-state index is -3.91. The third-order valence-electron chi connectivity index (χ3n) is 4.36. The second-order valence-corrected chi connectivity index (χ2v) is 8.24. The van der Waals surface area contributed by atoms with Crippen LogP contribution in [0.2, 0.25) is 0 Å². The zero-order valence-corrected chi connectivity index (χ0v) is 16.5. The topological polar surface area (TPSA) is 79.4 Å². The molecule has 0 aliphatic rings. The summed E-state index contributed by atoms with van der Waals surface area (Å²) in [6.07, 6.45) is 2.98. The highest BCUT2D eigenvalue weighted by atomic mass is 32.2. The molecule has 0 saturated carbocycles. The monoisotopic (exact) mass is 395 g/mol. The van der Waals surface area contributed by atoms with Crippen molar-refractivity contribution in [3.63, 3.8) is 0 Å². The number of benzene rings is 2. The Kier molecular flexibility index (Phi) is 5.75. The van der Waals surface area contributed by atoms with Crippen molar-refractivity contribution in [2.45, 2.75) is 18.7 Å². The van der Waals surface area contributed by atoms with Gasteiger partial charge in [0.05, 0.1) is 10.6 Å². The fraction of sp³-hybridized carbons (Fsp3) is 0.143. The minimum Gasteiger partial charge on any atom is -0.325 e. The second-order valence-electron chi connectivity index (χ2n) is 6.38. The average molecular weight is 395 g/mol. The summed E-state index contributed by atoms with van der Waals surface area (Å²) in [7, 11) is -3.91. The summed E-state index contributed by atoms with van der Waals surface area (Å²) in [5.74, 6) is -0.431. The predicted molar refractivity (Wildman–Crippen MR) is 110 cm³/mol. The maximum absolute atomic E-state index is 13.1. The number of nitrogens with one attached hydrogen (secondary N) is 1. The Morgan fingerprint density at radius 3 is 2.29 bits per heavy atom. The van der Waals surface area contributed by atoms with Crippen LogP contribution in [0.3, 0.4) is 0 Å². The molecule has 0 aliphatic heterocycles. The molecule has 0 spiro atoms. The maximum Gasteiger partial charge on any atom is 0.264 e. The fourth-order valence-electron chi connectivity index (χ4n) is 2.70. The molecule has 0 atom stereocenters. The number of rotatable bonds is 6. The molecule has 2 aromatic carbocycles. The van der Waals surface area contributed by atoms with E-state index in [9.17, 15) is 13.2 Å². The summed E-state index contributed by atoms with van der Waals surface area (Å²) in [4.78, 5) is 16.7. The van der Waals surface area contributed by atoms with Crippen LogP contribution in [0.5, 0.6) is 0 Å². The quantitative estimate of drug-likeness (QED) is 0.692. The number of hydrogen-bond acceptors (Lipinski definition) is 4. The zero-order chi connectivity index (χ0) is 20.1. The Labute approximate surface area is 164 Å². The van der Waals surface area contributed by atoms with Crippen molar-refractivity contribution in [3.8, 4) is 0 Å². The minimum absolute atomic E-state index is 0.116. The van der Waals surface area contributed by atoms with E-state index < -0.39 is 15.9 Å². The molecule has 3 rings (SSSR count). The lowest BCUT2D eigenvalue weighted by Crippen LogP contribution is -2.38. The van der Waals surface area contributed by atoms with Crippen LogP contribution in [0, 0.1) is 13.8 Å². The summed E-state index contributed by atoms with van der Waals surface area (Å²) in [6, 6.07) is 16.7. The van der Waals surface area contributed by atoms with E-state index in [2.05, 4.69) is 10.3 Å². The number of amides is 1. The van der Waals surface area contributed by atoms with Crippen LogP contribution in [-0.2, 0) is 14.8 Å². The smallest absolute Gasteiger partial charge is 0.264 e. The molecular weight excluding hydrogens is 374 g/mol. The van der Waals surface area contributed by atoms with Crippen LogP contribution in [0.1, 0.15) is 11.1 Å². The third-order valence-corrected chi connectivity index (χ3v) is 6.15. The molecule has 0 unspecified atom stereocenters. The van der Waals surface area contributed by atoms with E-state index in [-0.39, 0.29) is 11.4 Å². The van der Waals surface area contributed by atoms with Gasteiger partial charge in [0.1, 0.15) is 6.54 Å². The third kappa shape index (κ3) is 4.37. The van der Waals surface area contributed by atoms with Gasteiger partial charge in [-0.3, -0.25) is 14.1 Å². The van der Waals surface area contributed by atoms with Crippen LogP contribution in [0.25, 0.3) is 0 Å². The zero-order valence-electron chi connectivity index (χ0n) is 15.7. The normalized spacial score (nSPS) is 11.1. The summed E-state index contributed by atoms with van der Waals surface area (Å²) < 4.78 is 27.4. The summed E-state index contributed by atoms with van der Waals surface area (Å²) in [5, 5.41) is 2.77. The van der Waals surface area contributed by atoms with Gasteiger partial charge in [0, 0.05) is 18.1 Å². The molecule has 1 N–H and O–H groups in total. The van der Waals surface area contributed by atoms with Gasteiger partial charge in [-0.25, -0.2) is 8.42 Å². The molecule has 28 heavy (non-hydrogen) atoms. The molecule has 6 nitrogen and oxygen atoms in total. The standard InChI is InChI=1S/C21H21N3O3S/c1-16-8-9-18(14-17(16)2)23-21(25)15-24(19-10-12-22-13-11-19)28(26,27)20-6-4-3-5-7-20/h3-14H,15H2,1-2H3,(H,23,25). The first-order valence-corrected chi connectivity index (χ1v) is 10.2. The second kappa shape index (κ2) is 8.22. The number of carbonyl (C=O) groups is 1. The lowest BCUT2D eigenvalue weighted by atomic mass is 10.1. The summed E-state index contributed by atoms with van der Waals surface area (Å²) in [5.41, 5.74) is 3.15. The molecule has 0 saturated heterocycles. The predicted octanol–water partition coefficient (Wildman–Crippen LogP) is 3.53. The molecule has 1 amide bonds. The number of carbonyl (C=O) groups excluding carboxylic acids is 1. The highest BCUT2D eigenvalue weighted by Crippen LogP contribution is 2.23. The van der Waals surface area contributed by atoms with E-state index in [4.69, 9.17) is 0 Å². The lowest BCUT2D eigenvalue weighted by molar-refractivity contribution is -0.114. The van der Waals surface area contributed by atoms with Crippen molar-refractivity contribution in [1.82, 2.24) is 4.98 Å². The van der Waals surface area contributed by atoms with Gasteiger partial charge in [0.15, 0.2) is 0 Å². The fourth-order valence-corrected chi connectivity index (χ4v) is 4.14. The Balaban J connectivity index is 1.90. The number of aromatic nitrogens is 1. The molecule has 144 valence electrons. The first-order valence-electron chi connectivity index (χ1n) is 8.73. The Bertz CT molecular complexity index is 1070. The first-order chi connectivity index (χ1) is 13.4. The van der Waals surface area contributed by atoms with Crippen LogP contribution in [0.4, 0.5) is 11.4 Å². The maximum atomic E-state index is 13.1. The lowest BCUT2D eigenvalue weighted by Gasteiger charge is -2.24. The van der Waals surface area contributed by atoms with Crippen LogP contribution < -0.4 is 9.62 Å². The van der Waals surface area contributed by atoms with Crippen molar-refractivity contribution in [3.05, 3.63) is 84.2 Å². The number of sulfonamides is 1. The molecular formula is C21H21N3O3S. The van der Waals surface area contributed by atoms with Crippen molar-refractivity contribution in [2.24, 2.45) is 0 Å². The summed E-state index contributed by atoms with van der Waals surface area (Å²) in [6.45, 7) is 3.58. The van der Waals surface area contributed by atoms with E-state index in [0.717, 1.165) is 15.4 Å². The van der Waals surface area contributed by atoms with Gasteiger partial charge in [0.25, 0.3) is 10.0 Å². The van der Waals surface area contributed by atoms with E-state index in [1.165, 1.54) is 24.5 Å². The largest absolute Gasteiger partial charge is 0.325 e. The number of nitrogens with zero attached hydrogens (tertiary/aromatic N) is 2. The van der Waals surface area contributed by atoms with Crippen LogP contribution >= 0.6 is 0 Å². The molecule has 0 aliphatic carbocycles. The Morgan fingerprint density at radius 1 is 0.964 bits per heavy atom. The molecule has 1 aromatic heterocycles. The van der Waals surface area contributed by atoms with Gasteiger partial charge in [-0.1, -0.05) is 24.3 Å². The number of pyridine rings is 1. The van der Waals surface area contributed by atoms with E-state index in [1.54, 1.807) is 36.4 Å².